The fraction of sp³-hybridized carbons (Fsp3) is 0.533. The van der Waals surface area contributed by atoms with Crippen LogP contribution in [0.15, 0.2) is 48.5 Å². The molecule has 2 amide bonds. The van der Waals surface area contributed by atoms with Crippen molar-refractivity contribution in [2.75, 3.05) is 44.3 Å². The number of nitrogens with one attached hydrogen (secondary N) is 1. The summed E-state index contributed by atoms with van der Waals surface area (Å²) in [6, 6.07) is 13.1. The molecule has 1 aliphatic rings. The Kier molecular flexibility index (Phi) is 11.6. The lowest BCUT2D eigenvalue weighted by Gasteiger charge is -2.36. The molecular formula is C30H43N3O7S. The number of ether oxygens (including phenoxy) is 2. The zero-order chi connectivity index (χ0) is 30.2. The monoisotopic (exact) mass is 589 g/mol. The van der Waals surface area contributed by atoms with Crippen LogP contribution in [0.3, 0.4) is 0 Å². The number of nitrogens with zero attached hydrogens (tertiary/aromatic N) is 2. The van der Waals surface area contributed by atoms with Crippen LogP contribution < -0.4 is 9.46 Å². The SMILES string of the molecule is C[C@H](CO)N1C[C@H](C)[C@@H](CN(C)C(=O)c2ccccc2)OCCCC[C@H](C)Oc2ccc(NS(C)(=O)=O)cc2C1=O. The van der Waals surface area contributed by atoms with Crippen molar-refractivity contribution in [1.29, 1.82) is 0 Å². The lowest BCUT2D eigenvalue weighted by molar-refractivity contribution is -0.0149. The number of benzene rings is 2. The van der Waals surface area contributed by atoms with Gasteiger partial charge in [-0.25, -0.2) is 8.42 Å². The molecule has 2 N–H and O–H groups in total. The Hall–Kier alpha value is -3.15. The highest BCUT2D eigenvalue weighted by atomic mass is 32.2. The summed E-state index contributed by atoms with van der Waals surface area (Å²) in [5.74, 6) is -0.379. The second-order valence-corrected chi connectivity index (χ2v) is 12.7. The molecule has 0 spiro atoms. The van der Waals surface area contributed by atoms with Crippen LogP contribution in [0.1, 0.15) is 60.7 Å². The van der Waals surface area contributed by atoms with Crippen LogP contribution in [0.5, 0.6) is 5.75 Å². The van der Waals surface area contributed by atoms with Gasteiger partial charge in [0.25, 0.3) is 11.8 Å². The third-order valence-electron chi connectivity index (χ3n) is 7.18. The third-order valence-corrected chi connectivity index (χ3v) is 7.78. The van der Waals surface area contributed by atoms with Gasteiger partial charge in [-0.2, -0.15) is 0 Å². The van der Waals surface area contributed by atoms with Gasteiger partial charge < -0.3 is 24.4 Å². The molecule has 0 unspecified atom stereocenters. The van der Waals surface area contributed by atoms with Gasteiger partial charge in [0.15, 0.2) is 0 Å². The Morgan fingerprint density at radius 3 is 2.54 bits per heavy atom. The second kappa shape index (κ2) is 14.7. The fourth-order valence-electron chi connectivity index (χ4n) is 4.82. The quantitative estimate of drug-likeness (QED) is 0.505. The lowest BCUT2D eigenvalue weighted by atomic mass is 10.0. The van der Waals surface area contributed by atoms with Crippen LogP contribution in [0.25, 0.3) is 0 Å². The molecule has 226 valence electrons. The standard InChI is InChI=1S/C30H43N3O7S/c1-21-18-33(22(2)20-34)30(36)26-17-25(31-41(5,37)38)14-15-27(26)40-23(3)11-9-10-16-39-28(21)19-32(4)29(35)24-12-7-6-8-13-24/h6-8,12-15,17,21-23,28,31,34H,9-11,16,18-20H2,1-5H3/t21-,22+,23-,28+/m0/s1. The van der Waals surface area contributed by atoms with Crippen molar-refractivity contribution in [3.05, 3.63) is 59.7 Å². The maximum Gasteiger partial charge on any atom is 0.258 e. The largest absolute Gasteiger partial charge is 0.490 e. The Morgan fingerprint density at radius 2 is 1.88 bits per heavy atom. The normalized spacial score (nSPS) is 21.7. The predicted molar refractivity (Wildman–Crippen MR) is 159 cm³/mol. The van der Waals surface area contributed by atoms with Gasteiger partial charge in [-0.15, -0.1) is 0 Å². The Morgan fingerprint density at radius 1 is 1.17 bits per heavy atom. The van der Waals surface area contributed by atoms with Gasteiger partial charge in [-0.3, -0.25) is 14.3 Å². The molecule has 0 saturated carbocycles. The molecule has 0 bridgehead atoms. The summed E-state index contributed by atoms with van der Waals surface area (Å²) in [5, 5.41) is 10.1. The number of rotatable bonds is 7. The van der Waals surface area contributed by atoms with Crippen LogP contribution in [-0.2, 0) is 14.8 Å². The first-order chi connectivity index (χ1) is 19.4. The Balaban J connectivity index is 1.95. The first-order valence-corrected chi connectivity index (χ1v) is 15.9. The number of carbonyl (C=O) groups excluding carboxylic acids is 2. The first-order valence-electron chi connectivity index (χ1n) is 14.0. The molecule has 0 aliphatic carbocycles. The molecule has 0 saturated heterocycles. The molecule has 4 atom stereocenters. The molecule has 41 heavy (non-hydrogen) atoms. The first kappa shape index (κ1) is 32.4. The number of sulfonamides is 1. The smallest absolute Gasteiger partial charge is 0.258 e. The highest BCUT2D eigenvalue weighted by Crippen LogP contribution is 2.29. The van der Waals surface area contributed by atoms with E-state index in [9.17, 15) is 23.1 Å². The summed E-state index contributed by atoms with van der Waals surface area (Å²) in [4.78, 5) is 30.3. The Bertz CT molecular complexity index is 1270. The molecule has 2 aromatic rings. The summed E-state index contributed by atoms with van der Waals surface area (Å²) < 4.78 is 38.7. The number of likely N-dealkylation sites (N-methyl/N-ethyl adjacent to an activating group) is 1. The molecule has 10 nitrogen and oxygen atoms in total. The topological polar surface area (TPSA) is 125 Å². The number of hydrogen-bond donors (Lipinski definition) is 2. The van der Waals surface area contributed by atoms with E-state index in [0.29, 0.717) is 24.5 Å². The number of fused-ring (bicyclic) bond motifs is 1. The molecular weight excluding hydrogens is 546 g/mol. The molecule has 3 rings (SSSR count). The third kappa shape index (κ3) is 9.44. The van der Waals surface area contributed by atoms with E-state index in [1.165, 1.54) is 6.07 Å². The van der Waals surface area contributed by atoms with Gasteiger partial charge >= 0.3 is 0 Å². The van der Waals surface area contributed by atoms with Crippen molar-refractivity contribution in [2.24, 2.45) is 5.92 Å². The summed E-state index contributed by atoms with van der Waals surface area (Å²) in [7, 11) is -1.84. The van der Waals surface area contributed by atoms with Crippen molar-refractivity contribution in [1.82, 2.24) is 9.80 Å². The van der Waals surface area contributed by atoms with E-state index < -0.39 is 22.0 Å². The van der Waals surface area contributed by atoms with Gasteiger partial charge in [0.1, 0.15) is 5.75 Å². The van der Waals surface area contributed by atoms with Crippen LogP contribution in [-0.4, -0.2) is 93.0 Å². The van der Waals surface area contributed by atoms with Gasteiger partial charge in [0, 0.05) is 43.9 Å². The van der Waals surface area contributed by atoms with E-state index in [0.717, 1.165) is 25.5 Å². The maximum absolute atomic E-state index is 14.1. The summed E-state index contributed by atoms with van der Waals surface area (Å²) in [6.07, 6.45) is 2.83. The summed E-state index contributed by atoms with van der Waals surface area (Å²) in [5.41, 5.74) is 1.02. The minimum Gasteiger partial charge on any atom is -0.490 e. The molecule has 0 fully saturated rings. The number of amides is 2. The van der Waals surface area contributed by atoms with Crippen LogP contribution in [0, 0.1) is 5.92 Å². The minimum absolute atomic E-state index is 0.122. The number of aliphatic hydroxyl groups excluding tert-OH is 1. The second-order valence-electron chi connectivity index (χ2n) is 10.9. The van der Waals surface area contributed by atoms with E-state index in [1.807, 2.05) is 32.0 Å². The summed E-state index contributed by atoms with van der Waals surface area (Å²) in [6.45, 7) is 6.41. The van der Waals surface area contributed by atoms with Crippen LogP contribution >= 0.6 is 0 Å². The van der Waals surface area contributed by atoms with Crippen LogP contribution in [0.2, 0.25) is 0 Å². The van der Waals surface area contributed by atoms with Gasteiger partial charge in [-0.1, -0.05) is 25.1 Å². The van der Waals surface area contributed by atoms with E-state index in [4.69, 9.17) is 9.47 Å². The fourth-order valence-corrected chi connectivity index (χ4v) is 5.37. The molecule has 0 radical (unpaired) electrons. The van der Waals surface area contributed by atoms with Crippen molar-refractivity contribution >= 4 is 27.5 Å². The molecule has 2 aromatic carbocycles. The van der Waals surface area contributed by atoms with E-state index in [1.54, 1.807) is 48.0 Å². The van der Waals surface area contributed by atoms with Crippen molar-refractivity contribution in [3.63, 3.8) is 0 Å². The molecule has 0 aromatic heterocycles. The molecule has 11 heteroatoms. The zero-order valence-corrected chi connectivity index (χ0v) is 25.4. The van der Waals surface area contributed by atoms with E-state index in [-0.39, 0.29) is 48.4 Å². The van der Waals surface area contributed by atoms with Crippen molar-refractivity contribution in [2.45, 2.75) is 58.3 Å². The number of anilines is 1. The highest BCUT2D eigenvalue weighted by Gasteiger charge is 2.31. The number of carbonyl (C=O) groups is 2. The Labute approximate surface area is 243 Å². The lowest BCUT2D eigenvalue weighted by Crippen LogP contribution is -2.48. The average Bonchev–Trinajstić information content (AvgIpc) is 2.93. The number of hydrogen-bond acceptors (Lipinski definition) is 7. The average molecular weight is 590 g/mol. The minimum atomic E-state index is -3.57. The van der Waals surface area contributed by atoms with E-state index in [2.05, 4.69) is 4.72 Å². The zero-order valence-electron chi connectivity index (χ0n) is 24.6. The van der Waals surface area contributed by atoms with Crippen molar-refractivity contribution in [3.8, 4) is 5.75 Å². The van der Waals surface area contributed by atoms with Gasteiger partial charge in [0.05, 0.1) is 36.7 Å². The van der Waals surface area contributed by atoms with Crippen molar-refractivity contribution < 1.29 is 32.6 Å². The van der Waals surface area contributed by atoms with Crippen LogP contribution in [0.4, 0.5) is 5.69 Å². The predicted octanol–water partition coefficient (Wildman–Crippen LogP) is 3.63. The molecule has 1 aliphatic heterocycles. The van der Waals surface area contributed by atoms with Gasteiger partial charge in [-0.05, 0) is 63.4 Å². The number of aliphatic hydroxyl groups is 1. The summed E-state index contributed by atoms with van der Waals surface area (Å²) >= 11 is 0. The molecule has 1 heterocycles. The van der Waals surface area contributed by atoms with Gasteiger partial charge in [0.2, 0.25) is 10.0 Å². The van der Waals surface area contributed by atoms with E-state index >= 15 is 0 Å². The maximum atomic E-state index is 14.1. The highest BCUT2D eigenvalue weighted by molar-refractivity contribution is 7.92.